The Bertz CT molecular complexity index is 1210. The van der Waals surface area contributed by atoms with Crippen LogP contribution in [-0.4, -0.2) is 59.5 Å². The SMILES string of the molecule is O=C(/C=C/c1cnn(-c2ccccc2)c1)N1CCN(S(=O)(=O)/C=C/c2ccccc2)CC1. The molecule has 4 rings (SSSR count). The second-order valence-corrected chi connectivity index (χ2v) is 9.19. The Balaban J connectivity index is 1.32. The third-order valence-electron chi connectivity index (χ3n) is 5.18. The Morgan fingerprint density at radius 3 is 2.19 bits per heavy atom. The molecule has 164 valence electrons. The predicted octanol–water partition coefficient (Wildman–Crippen LogP) is 3.03. The molecule has 1 fully saturated rings. The third kappa shape index (κ3) is 5.40. The molecule has 8 heteroatoms. The van der Waals surface area contributed by atoms with Crippen LogP contribution in [0.3, 0.4) is 0 Å². The van der Waals surface area contributed by atoms with Gasteiger partial charge in [-0.25, -0.2) is 13.1 Å². The highest BCUT2D eigenvalue weighted by Crippen LogP contribution is 2.13. The van der Waals surface area contributed by atoms with Crippen LogP contribution in [0.2, 0.25) is 0 Å². The van der Waals surface area contributed by atoms with Crippen molar-refractivity contribution < 1.29 is 13.2 Å². The Hall–Kier alpha value is -3.49. The molecule has 1 aliphatic heterocycles. The molecule has 0 aliphatic carbocycles. The average molecular weight is 449 g/mol. The number of carbonyl (C=O) groups excluding carboxylic acids is 1. The number of rotatable bonds is 6. The topological polar surface area (TPSA) is 75.5 Å². The van der Waals surface area contributed by atoms with Crippen molar-refractivity contribution in [3.05, 3.63) is 95.7 Å². The summed E-state index contributed by atoms with van der Waals surface area (Å²) in [5.74, 6) is -0.144. The van der Waals surface area contributed by atoms with Gasteiger partial charge in [-0.05, 0) is 29.8 Å². The maximum Gasteiger partial charge on any atom is 0.246 e. The predicted molar refractivity (Wildman–Crippen MR) is 125 cm³/mol. The fraction of sp³-hybridized carbons (Fsp3) is 0.167. The van der Waals surface area contributed by atoms with Crippen molar-refractivity contribution in [1.82, 2.24) is 19.0 Å². The van der Waals surface area contributed by atoms with Crippen LogP contribution >= 0.6 is 0 Å². The van der Waals surface area contributed by atoms with Crippen LogP contribution in [0.15, 0.2) is 84.5 Å². The standard InChI is InChI=1S/C24H24N4O3S/c29-24(12-11-22-19-25-28(20-22)23-9-5-2-6-10-23)26-14-16-27(17-15-26)32(30,31)18-13-21-7-3-1-4-8-21/h1-13,18-20H,14-17H2/b12-11+,18-13+. The van der Waals surface area contributed by atoms with Crippen molar-refractivity contribution >= 4 is 28.1 Å². The lowest BCUT2D eigenvalue weighted by Gasteiger charge is -2.32. The monoisotopic (exact) mass is 448 g/mol. The number of nitrogens with zero attached hydrogens (tertiary/aromatic N) is 4. The fourth-order valence-corrected chi connectivity index (χ4v) is 4.57. The number of aromatic nitrogens is 2. The van der Waals surface area contributed by atoms with Gasteiger partial charge in [0.25, 0.3) is 0 Å². The van der Waals surface area contributed by atoms with Crippen molar-refractivity contribution in [2.45, 2.75) is 0 Å². The largest absolute Gasteiger partial charge is 0.337 e. The van der Waals surface area contributed by atoms with Gasteiger partial charge in [-0.1, -0.05) is 48.5 Å². The summed E-state index contributed by atoms with van der Waals surface area (Å²) in [5.41, 5.74) is 2.58. The molecule has 3 aromatic rings. The minimum Gasteiger partial charge on any atom is -0.337 e. The molecule has 0 spiro atoms. The number of benzene rings is 2. The molecule has 32 heavy (non-hydrogen) atoms. The van der Waals surface area contributed by atoms with Gasteiger partial charge < -0.3 is 4.90 Å². The van der Waals surface area contributed by atoms with Gasteiger partial charge in [0, 0.05) is 49.4 Å². The Kier molecular flexibility index (Phi) is 6.63. The Morgan fingerprint density at radius 2 is 1.50 bits per heavy atom. The highest BCUT2D eigenvalue weighted by atomic mass is 32.2. The zero-order valence-corrected chi connectivity index (χ0v) is 18.3. The van der Waals surface area contributed by atoms with Crippen LogP contribution in [-0.2, 0) is 14.8 Å². The van der Waals surface area contributed by atoms with E-state index in [0.29, 0.717) is 13.1 Å². The second kappa shape index (κ2) is 9.76. The molecule has 0 N–H and O–H groups in total. The van der Waals surface area contributed by atoms with Crippen LogP contribution in [0.1, 0.15) is 11.1 Å². The van der Waals surface area contributed by atoms with Crippen LogP contribution in [0, 0.1) is 0 Å². The van der Waals surface area contributed by atoms with Gasteiger partial charge in [-0.15, -0.1) is 0 Å². The molecule has 0 saturated carbocycles. The summed E-state index contributed by atoms with van der Waals surface area (Å²) in [7, 11) is -3.52. The van der Waals surface area contributed by atoms with E-state index in [2.05, 4.69) is 5.10 Å². The van der Waals surface area contributed by atoms with Crippen molar-refractivity contribution in [1.29, 1.82) is 0 Å². The normalized spacial score (nSPS) is 15.6. The first-order valence-electron chi connectivity index (χ1n) is 10.3. The zero-order chi connectivity index (χ0) is 22.4. The van der Waals surface area contributed by atoms with E-state index in [0.717, 1.165) is 16.8 Å². The van der Waals surface area contributed by atoms with Crippen LogP contribution in [0.4, 0.5) is 0 Å². The van der Waals surface area contributed by atoms with Crippen LogP contribution < -0.4 is 0 Å². The lowest BCUT2D eigenvalue weighted by atomic mass is 10.2. The summed E-state index contributed by atoms with van der Waals surface area (Å²) in [5, 5.41) is 5.54. The van der Waals surface area contributed by atoms with Gasteiger partial charge in [0.2, 0.25) is 15.9 Å². The summed E-state index contributed by atoms with van der Waals surface area (Å²) in [6.07, 6.45) is 8.36. The highest BCUT2D eigenvalue weighted by Gasteiger charge is 2.26. The number of sulfonamides is 1. The quantitative estimate of drug-likeness (QED) is 0.543. The summed E-state index contributed by atoms with van der Waals surface area (Å²) in [6.45, 7) is 1.25. The molecule has 7 nitrogen and oxygen atoms in total. The molecule has 2 aromatic carbocycles. The number of para-hydroxylation sites is 1. The summed E-state index contributed by atoms with van der Waals surface area (Å²) < 4.78 is 28.3. The van der Waals surface area contributed by atoms with E-state index >= 15 is 0 Å². The molecular formula is C24H24N4O3S. The van der Waals surface area contributed by atoms with Gasteiger partial charge >= 0.3 is 0 Å². The molecule has 1 amide bonds. The van der Waals surface area contributed by atoms with E-state index < -0.39 is 10.0 Å². The van der Waals surface area contributed by atoms with E-state index in [4.69, 9.17) is 0 Å². The molecule has 2 heterocycles. The van der Waals surface area contributed by atoms with Gasteiger partial charge in [0.15, 0.2) is 0 Å². The summed E-state index contributed by atoms with van der Waals surface area (Å²) >= 11 is 0. The van der Waals surface area contributed by atoms with Crippen LogP contribution in [0.25, 0.3) is 17.8 Å². The molecular weight excluding hydrogens is 424 g/mol. The molecule has 0 bridgehead atoms. The van der Waals surface area contributed by atoms with E-state index in [9.17, 15) is 13.2 Å². The third-order valence-corrected chi connectivity index (χ3v) is 6.75. The minimum atomic E-state index is -3.52. The zero-order valence-electron chi connectivity index (χ0n) is 17.5. The van der Waals surface area contributed by atoms with Gasteiger partial charge in [-0.2, -0.15) is 9.40 Å². The molecule has 1 aliphatic rings. The first kappa shape index (κ1) is 21.7. The molecule has 0 unspecified atom stereocenters. The maximum absolute atomic E-state index is 12.6. The number of hydrogen-bond acceptors (Lipinski definition) is 4. The molecule has 0 radical (unpaired) electrons. The van der Waals surface area contributed by atoms with Gasteiger partial charge in [0.05, 0.1) is 11.9 Å². The Labute approximate surface area is 187 Å². The summed E-state index contributed by atoms with van der Waals surface area (Å²) in [4.78, 5) is 14.2. The van der Waals surface area contributed by atoms with Crippen molar-refractivity contribution in [2.24, 2.45) is 0 Å². The first-order chi connectivity index (χ1) is 15.5. The van der Waals surface area contributed by atoms with E-state index in [1.807, 2.05) is 66.9 Å². The lowest BCUT2D eigenvalue weighted by molar-refractivity contribution is -0.127. The number of piperazine rings is 1. The number of carbonyl (C=O) groups is 1. The Morgan fingerprint density at radius 1 is 0.844 bits per heavy atom. The number of hydrogen-bond donors (Lipinski definition) is 0. The van der Waals surface area contributed by atoms with Gasteiger partial charge in [0.1, 0.15) is 0 Å². The fourth-order valence-electron chi connectivity index (χ4n) is 3.40. The smallest absolute Gasteiger partial charge is 0.246 e. The average Bonchev–Trinajstić information content (AvgIpc) is 3.32. The lowest BCUT2D eigenvalue weighted by Crippen LogP contribution is -2.49. The van der Waals surface area contributed by atoms with Crippen molar-refractivity contribution in [3.8, 4) is 5.69 Å². The highest BCUT2D eigenvalue weighted by molar-refractivity contribution is 7.92. The molecule has 1 aromatic heterocycles. The van der Waals surface area contributed by atoms with E-state index in [1.165, 1.54) is 15.8 Å². The van der Waals surface area contributed by atoms with Crippen molar-refractivity contribution in [2.75, 3.05) is 26.2 Å². The second-order valence-electron chi connectivity index (χ2n) is 7.37. The summed E-state index contributed by atoms with van der Waals surface area (Å²) in [6, 6.07) is 19.0. The number of amides is 1. The molecule has 0 atom stereocenters. The van der Waals surface area contributed by atoms with Gasteiger partial charge in [-0.3, -0.25) is 4.79 Å². The van der Waals surface area contributed by atoms with Crippen LogP contribution in [0.5, 0.6) is 0 Å². The van der Waals surface area contributed by atoms with E-state index in [1.54, 1.807) is 27.9 Å². The van der Waals surface area contributed by atoms with E-state index in [-0.39, 0.29) is 19.0 Å². The maximum atomic E-state index is 12.6. The first-order valence-corrected chi connectivity index (χ1v) is 11.8. The van der Waals surface area contributed by atoms with Crippen molar-refractivity contribution in [3.63, 3.8) is 0 Å². The molecule has 1 saturated heterocycles. The minimum absolute atomic E-state index is 0.144.